The average molecular weight is 251 g/mol. The smallest absolute Gasteiger partial charge is 0.253 e. The van der Waals surface area contributed by atoms with Gasteiger partial charge >= 0.3 is 0 Å². The van der Waals surface area contributed by atoms with Crippen molar-refractivity contribution in [3.05, 3.63) is 60.4 Å². The summed E-state index contributed by atoms with van der Waals surface area (Å²) >= 11 is 0. The van der Waals surface area contributed by atoms with Crippen LogP contribution in [0.2, 0.25) is 0 Å². The van der Waals surface area contributed by atoms with Gasteiger partial charge in [0.2, 0.25) is 0 Å². The Morgan fingerprint density at radius 2 is 1.84 bits per heavy atom. The minimum atomic E-state index is 0.0112. The number of hydrogen-bond acceptors (Lipinski definition) is 3. The first kappa shape index (κ1) is 11.6. The van der Waals surface area contributed by atoms with Crippen LogP contribution in [0.3, 0.4) is 0 Å². The Morgan fingerprint density at radius 1 is 1.05 bits per heavy atom. The van der Waals surface area contributed by atoms with Gasteiger partial charge in [0.05, 0.1) is 17.8 Å². The van der Waals surface area contributed by atoms with Crippen LogP contribution in [0, 0.1) is 0 Å². The normalized spacial score (nSPS) is 14.6. The summed E-state index contributed by atoms with van der Waals surface area (Å²) in [6, 6.07) is 15.2. The fourth-order valence-corrected chi connectivity index (χ4v) is 2.06. The third kappa shape index (κ3) is 2.52. The van der Waals surface area contributed by atoms with Gasteiger partial charge in [-0.15, -0.1) is 0 Å². The van der Waals surface area contributed by atoms with Gasteiger partial charge in [-0.25, -0.2) is 5.01 Å². The second kappa shape index (κ2) is 5.02. The molecule has 1 aromatic carbocycles. The van der Waals surface area contributed by atoms with Gasteiger partial charge in [0.25, 0.3) is 5.91 Å². The van der Waals surface area contributed by atoms with Gasteiger partial charge in [0.1, 0.15) is 0 Å². The van der Waals surface area contributed by atoms with E-state index in [-0.39, 0.29) is 5.91 Å². The summed E-state index contributed by atoms with van der Waals surface area (Å²) in [4.78, 5) is 16.2. The summed E-state index contributed by atoms with van der Waals surface area (Å²) in [5, 5.41) is 5.87. The molecule has 1 aliphatic heterocycles. The summed E-state index contributed by atoms with van der Waals surface area (Å²) in [5.74, 6) is 0.0112. The van der Waals surface area contributed by atoms with Crippen molar-refractivity contribution in [1.29, 1.82) is 0 Å². The second-order valence-corrected chi connectivity index (χ2v) is 4.38. The molecule has 0 fully saturated rings. The van der Waals surface area contributed by atoms with Crippen molar-refractivity contribution in [3.63, 3.8) is 0 Å². The first-order valence-electron chi connectivity index (χ1n) is 6.17. The summed E-state index contributed by atoms with van der Waals surface area (Å²) in [6.45, 7) is 0. The number of nitrogens with zero attached hydrogens (tertiary/aromatic N) is 3. The van der Waals surface area contributed by atoms with Crippen LogP contribution in [-0.4, -0.2) is 16.6 Å². The molecule has 94 valence electrons. The van der Waals surface area contributed by atoms with Gasteiger partial charge in [0.15, 0.2) is 0 Å². The van der Waals surface area contributed by atoms with Gasteiger partial charge in [-0.2, -0.15) is 5.10 Å². The molecule has 2 aromatic rings. The summed E-state index contributed by atoms with van der Waals surface area (Å²) in [6.07, 6.45) is 2.74. The molecule has 0 saturated carbocycles. The predicted molar refractivity (Wildman–Crippen MR) is 73.9 cm³/mol. The SMILES string of the molecule is O=C1CC(Cc2ccccn2)=NN1c1ccccc1. The maximum atomic E-state index is 12.0. The van der Waals surface area contributed by atoms with Gasteiger partial charge in [-0.05, 0) is 24.3 Å². The maximum absolute atomic E-state index is 12.0. The highest BCUT2D eigenvalue weighted by atomic mass is 16.2. The van der Waals surface area contributed by atoms with Crippen LogP contribution in [0.1, 0.15) is 12.1 Å². The molecule has 0 radical (unpaired) electrons. The number of pyridine rings is 1. The lowest BCUT2D eigenvalue weighted by molar-refractivity contribution is -0.116. The summed E-state index contributed by atoms with van der Waals surface area (Å²) in [5.41, 5.74) is 2.60. The Hall–Kier alpha value is -2.49. The van der Waals surface area contributed by atoms with Gasteiger partial charge in [0, 0.05) is 18.3 Å². The fraction of sp³-hybridized carbons (Fsp3) is 0.133. The Balaban J connectivity index is 1.80. The molecule has 0 atom stereocenters. The van der Waals surface area contributed by atoms with E-state index in [0.717, 1.165) is 17.1 Å². The first-order valence-corrected chi connectivity index (χ1v) is 6.17. The molecule has 19 heavy (non-hydrogen) atoms. The zero-order chi connectivity index (χ0) is 13.1. The van der Waals surface area contributed by atoms with E-state index in [2.05, 4.69) is 10.1 Å². The Labute approximate surface area is 111 Å². The molecule has 1 aromatic heterocycles. The number of carbonyl (C=O) groups is 1. The number of benzene rings is 1. The lowest BCUT2D eigenvalue weighted by Crippen LogP contribution is -2.19. The fourth-order valence-electron chi connectivity index (χ4n) is 2.06. The van der Waals surface area contributed by atoms with Crippen LogP contribution in [0.4, 0.5) is 5.69 Å². The van der Waals surface area contributed by atoms with E-state index >= 15 is 0 Å². The van der Waals surface area contributed by atoms with Crippen molar-refractivity contribution in [1.82, 2.24) is 4.98 Å². The second-order valence-electron chi connectivity index (χ2n) is 4.38. The van der Waals surface area contributed by atoms with E-state index in [4.69, 9.17) is 0 Å². The van der Waals surface area contributed by atoms with Gasteiger partial charge in [-0.1, -0.05) is 24.3 Å². The Bertz CT molecular complexity index is 608. The number of aromatic nitrogens is 1. The quantitative estimate of drug-likeness (QED) is 0.841. The van der Waals surface area contributed by atoms with E-state index < -0.39 is 0 Å². The number of amides is 1. The minimum Gasteiger partial charge on any atom is -0.272 e. The third-order valence-corrected chi connectivity index (χ3v) is 2.95. The van der Waals surface area contributed by atoms with Crippen LogP contribution in [0.15, 0.2) is 59.8 Å². The molecule has 0 aliphatic carbocycles. The lowest BCUT2D eigenvalue weighted by atomic mass is 10.1. The van der Waals surface area contributed by atoms with Gasteiger partial charge < -0.3 is 0 Å². The molecule has 1 aliphatic rings. The molecule has 3 rings (SSSR count). The number of para-hydroxylation sites is 1. The van der Waals surface area contributed by atoms with E-state index in [1.165, 1.54) is 5.01 Å². The Morgan fingerprint density at radius 3 is 2.58 bits per heavy atom. The molecule has 2 heterocycles. The number of hydrazone groups is 1. The van der Waals surface area contributed by atoms with Crippen molar-refractivity contribution in [2.45, 2.75) is 12.8 Å². The van der Waals surface area contributed by atoms with Crippen molar-refractivity contribution in [2.75, 3.05) is 5.01 Å². The number of hydrogen-bond donors (Lipinski definition) is 0. The minimum absolute atomic E-state index is 0.0112. The number of rotatable bonds is 3. The molecule has 4 heteroatoms. The maximum Gasteiger partial charge on any atom is 0.253 e. The number of anilines is 1. The van der Waals surface area contributed by atoms with E-state index in [0.29, 0.717) is 12.8 Å². The molecule has 0 bridgehead atoms. The largest absolute Gasteiger partial charge is 0.272 e. The summed E-state index contributed by atoms with van der Waals surface area (Å²) in [7, 11) is 0. The van der Waals surface area contributed by atoms with Crippen molar-refractivity contribution < 1.29 is 4.79 Å². The first-order chi connectivity index (χ1) is 9.33. The zero-order valence-electron chi connectivity index (χ0n) is 10.4. The van der Waals surface area contributed by atoms with Crippen LogP contribution in [0.25, 0.3) is 0 Å². The molecule has 0 saturated heterocycles. The van der Waals surface area contributed by atoms with Crippen molar-refractivity contribution >= 4 is 17.3 Å². The highest BCUT2D eigenvalue weighted by Crippen LogP contribution is 2.20. The average Bonchev–Trinajstić information content (AvgIpc) is 2.82. The topological polar surface area (TPSA) is 45.6 Å². The third-order valence-electron chi connectivity index (χ3n) is 2.95. The van der Waals surface area contributed by atoms with Crippen LogP contribution >= 0.6 is 0 Å². The molecular formula is C15H13N3O. The lowest BCUT2D eigenvalue weighted by Gasteiger charge is -2.10. The van der Waals surface area contributed by atoms with E-state index in [9.17, 15) is 4.79 Å². The van der Waals surface area contributed by atoms with Crippen LogP contribution in [0.5, 0.6) is 0 Å². The number of carbonyl (C=O) groups excluding carboxylic acids is 1. The molecular weight excluding hydrogens is 238 g/mol. The highest BCUT2D eigenvalue weighted by molar-refractivity contribution is 6.13. The summed E-state index contributed by atoms with van der Waals surface area (Å²) < 4.78 is 0. The molecule has 1 amide bonds. The zero-order valence-corrected chi connectivity index (χ0v) is 10.4. The predicted octanol–water partition coefficient (Wildman–Crippen LogP) is 2.42. The van der Waals surface area contributed by atoms with Crippen LogP contribution < -0.4 is 5.01 Å². The van der Waals surface area contributed by atoms with E-state index in [1.54, 1.807) is 6.20 Å². The molecule has 0 unspecified atom stereocenters. The highest BCUT2D eigenvalue weighted by Gasteiger charge is 2.25. The van der Waals surface area contributed by atoms with Crippen molar-refractivity contribution in [3.8, 4) is 0 Å². The van der Waals surface area contributed by atoms with Crippen molar-refractivity contribution in [2.24, 2.45) is 5.10 Å². The standard InChI is InChI=1S/C15H13N3O/c19-15-11-13(10-12-6-4-5-9-16-12)17-18(15)14-7-2-1-3-8-14/h1-9H,10-11H2. The Kier molecular flexibility index (Phi) is 3.06. The van der Waals surface area contributed by atoms with E-state index in [1.807, 2.05) is 48.5 Å². The molecule has 4 nitrogen and oxygen atoms in total. The van der Waals surface area contributed by atoms with Crippen LogP contribution in [-0.2, 0) is 11.2 Å². The molecule has 0 spiro atoms. The molecule has 0 N–H and O–H groups in total. The van der Waals surface area contributed by atoms with Gasteiger partial charge in [-0.3, -0.25) is 9.78 Å². The monoisotopic (exact) mass is 251 g/mol.